The molecule has 0 saturated carbocycles. The molecular weight excluding hydrogens is 298 g/mol. The molecule has 23 heavy (non-hydrogen) atoms. The van der Waals surface area contributed by atoms with Crippen molar-refractivity contribution in [1.29, 1.82) is 0 Å². The van der Waals surface area contributed by atoms with Gasteiger partial charge in [-0.15, -0.1) is 0 Å². The average molecular weight is 319 g/mol. The van der Waals surface area contributed by atoms with E-state index in [4.69, 9.17) is 9.84 Å². The van der Waals surface area contributed by atoms with Gasteiger partial charge in [-0.25, -0.2) is 0 Å². The van der Waals surface area contributed by atoms with Crippen molar-refractivity contribution in [2.45, 2.75) is 24.1 Å². The first-order valence-corrected chi connectivity index (χ1v) is 7.52. The Morgan fingerprint density at radius 1 is 1.13 bits per heavy atom. The minimum atomic E-state index is -2.12. The van der Waals surface area contributed by atoms with Crippen LogP contribution < -0.4 is 4.90 Å². The molecule has 4 N–H and O–H groups in total. The first-order valence-electron chi connectivity index (χ1n) is 7.52. The van der Waals surface area contributed by atoms with E-state index in [0.29, 0.717) is 0 Å². The van der Waals surface area contributed by atoms with Crippen LogP contribution in [0.25, 0.3) is 10.8 Å². The molecule has 1 fully saturated rings. The molecule has 0 bridgehead atoms. The fraction of sp³-hybridized carbons (Fsp3) is 0.412. The van der Waals surface area contributed by atoms with Crippen molar-refractivity contribution in [3.05, 3.63) is 42.5 Å². The standard InChI is InChI=1S/C17H21NO5/c1-18(9-14-15(20)16(21)17(22,10-19)23-14)13-7-6-11-4-2-3-5-12(11)8-13/h2-8,14-16,19-22H,9-10H2,1H3/t14-,15-,16+,17?/m1/s1. The molecule has 0 radical (unpaired) electrons. The van der Waals surface area contributed by atoms with Crippen molar-refractivity contribution in [1.82, 2.24) is 0 Å². The molecule has 6 heteroatoms. The lowest BCUT2D eigenvalue weighted by molar-refractivity contribution is -0.244. The molecule has 2 aromatic carbocycles. The lowest BCUT2D eigenvalue weighted by Crippen LogP contribution is -2.46. The number of fused-ring (bicyclic) bond motifs is 1. The predicted octanol–water partition coefficient (Wildman–Crippen LogP) is 0.0775. The van der Waals surface area contributed by atoms with Crippen molar-refractivity contribution >= 4 is 16.5 Å². The molecular formula is C17H21NO5. The fourth-order valence-corrected chi connectivity index (χ4v) is 2.94. The second-order valence-electron chi connectivity index (χ2n) is 6.01. The third-order valence-corrected chi connectivity index (χ3v) is 4.38. The Labute approximate surface area is 134 Å². The smallest absolute Gasteiger partial charge is 0.219 e. The van der Waals surface area contributed by atoms with Gasteiger partial charge in [0.1, 0.15) is 18.3 Å². The van der Waals surface area contributed by atoms with Gasteiger partial charge < -0.3 is 30.1 Å². The summed E-state index contributed by atoms with van der Waals surface area (Å²) in [6, 6.07) is 14.0. The molecule has 0 amide bonds. The summed E-state index contributed by atoms with van der Waals surface area (Å²) in [5.41, 5.74) is 0.924. The SMILES string of the molecule is CN(C[C@H]1OC(O)(CO)[C@@H](O)[C@@H]1O)c1ccc2ccccc2c1. The van der Waals surface area contributed by atoms with Crippen LogP contribution in [0.1, 0.15) is 0 Å². The first kappa shape index (κ1) is 16.2. The van der Waals surface area contributed by atoms with Crippen LogP contribution in [0.4, 0.5) is 5.69 Å². The minimum absolute atomic E-state index is 0.263. The van der Waals surface area contributed by atoms with Gasteiger partial charge in [-0.05, 0) is 22.9 Å². The second-order valence-corrected chi connectivity index (χ2v) is 6.01. The van der Waals surface area contributed by atoms with Crippen LogP contribution in [0.5, 0.6) is 0 Å². The van der Waals surface area contributed by atoms with Gasteiger partial charge in [-0.2, -0.15) is 0 Å². The number of benzene rings is 2. The van der Waals surface area contributed by atoms with Crippen LogP contribution >= 0.6 is 0 Å². The van der Waals surface area contributed by atoms with Crippen LogP contribution in [-0.2, 0) is 4.74 Å². The molecule has 3 rings (SSSR count). The Morgan fingerprint density at radius 2 is 1.83 bits per heavy atom. The highest BCUT2D eigenvalue weighted by Gasteiger charge is 2.53. The molecule has 0 aliphatic carbocycles. The van der Waals surface area contributed by atoms with E-state index >= 15 is 0 Å². The maximum absolute atomic E-state index is 10.0. The maximum Gasteiger partial charge on any atom is 0.219 e. The largest absolute Gasteiger partial charge is 0.391 e. The zero-order valence-corrected chi connectivity index (χ0v) is 12.8. The van der Waals surface area contributed by atoms with Gasteiger partial charge in [0.05, 0.1) is 6.61 Å². The molecule has 0 aromatic heterocycles. The van der Waals surface area contributed by atoms with E-state index in [-0.39, 0.29) is 6.54 Å². The van der Waals surface area contributed by atoms with Crippen LogP contribution in [0, 0.1) is 0 Å². The zero-order valence-electron chi connectivity index (χ0n) is 12.8. The van der Waals surface area contributed by atoms with E-state index in [1.807, 2.05) is 54.4 Å². The summed E-state index contributed by atoms with van der Waals surface area (Å²) in [5, 5.41) is 41.1. The van der Waals surface area contributed by atoms with Gasteiger partial charge >= 0.3 is 0 Å². The summed E-state index contributed by atoms with van der Waals surface area (Å²) >= 11 is 0. The molecule has 2 aromatic rings. The molecule has 124 valence electrons. The van der Waals surface area contributed by atoms with Gasteiger partial charge in [0, 0.05) is 19.3 Å². The fourth-order valence-electron chi connectivity index (χ4n) is 2.94. The Balaban J connectivity index is 1.77. The number of nitrogens with zero attached hydrogens (tertiary/aromatic N) is 1. The van der Waals surface area contributed by atoms with Gasteiger partial charge in [-0.1, -0.05) is 30.3 Å². The van der Waals surface area contributed by atoms with Gasteiger partial charge in [0.25, 0.3) is 0 Å². The van der Waals surface area contributed by atoms with E-state index in [1.54, 1.807) is 0 Å². The second kappa shape index (κ2) is 6.07. The van der Waals surface area contributed by atoms with Crippen LogP contribution in [0.3, 0.4) is 0 Å². The van der Waals surface area contributed by atoms with Gasteiger partial charge in [0.15, 0.2) is 0 Å². The average Bonchev–Trinajstić information content (AvgIpc) is 2.79. The number of hydrogen-bond acceptors (Lipinski definition) is 6. The highest BCUT2D eigenvalue weighted by molar-refractivity contribution is 5.85. The van der Waals surface area contributed by atoms with E-state index in [2.05, 4.69) is 0 Å². The van der Waals surface area contributed by atoms with Crippen molar-refractivity contribution < 1.29 is 25.2 Å². The monoisotopic (exact) mass is 319 g/mol. The normalized spacial score (nSPS) is 30.7. The Kier molecular flexibility index (Phi) is 4.27. The topological polar surface area (TPSA) is 93.4 Å². The Hall–Kier alpha value is -1.70. The van der Waals surface area contributed by atoms with Crippen LogP contribution in [0.15, 0.2) is 42.5 Å². The highest BCUT2D eigenvalue weighted by atomic mass is 16.7. The molecule has 4 atom stereocenters. The van der Waals surface area contributed by atoms with Crippen molar-refractivity contribution in [3.8, 4) is 0 Å². The molecule has 6 nitrogen and oxygen atoms in total. The third kappa shape index (κ3) is 2.91. The van der Waals surface area contributed by atoms with Crippen LogP contribution in [0.2, 0.25) is 0 Å². The molecule has 1 aliphatic heterocycles. The summed E-state index contributed by atoms with van der Waals surface area (Å²) < 4.78 is 5.27. The van der Waals surface area contributed by atoms with E-state index in [0.717, 1.165) is 16.5 Å². The summed E-state index contributed by atoms with van der Waals surface area (Å²) in [6.45, 7) is -0.514. The van der Waals surface area contributed by atoms with E-state index < -0.39 is 30.7 Å². The van der Waals surface area contributed by atoms with Crippen molar-refractivity contribution in [3.63, 3.8) is 0 Å². The predicted molar refractivity (Wildman–Crippen MR) is 86.1 cm³/mol. The lowest BCUT2D eigenvalue weighted by Gasteiger charge is -2.26. The summed E-state index contributed by atoms with van der Waals surface area (Å²) in [6.07, 6.45) is -3.61. The number of hydrogen-bond donors (Lipinski definition) is 4. The lowest BCUT2D eigenvalue weighted by atomic mass is 10.1. The Bertz CT molecular complexity index is 693. The Morgan fingerprint density at radius 3 is 2.48 bits per heavy atom. The molecule has 1 heterocycles. The number of likely N-dealkylation sites (N-methyl/N-ethyl adjacent to an activating group) is 1. The summed E-state index contributed by atoms with van der Waals surface area (Å²) in [5.74, 6) is -2.12. The third-order valence-electron chi connectivity index (χ3n) is 4.38. The van der Waals surface area contributed by atoms with Crippen molar-refractivity contribution in [2.75, 3.05) is 25.1 Å². The van der Waals surface area contributed by atoms with Gasteiger partial charge in [-0.3, -0.25) is 0 Å². The number of aliphatic hydroxyl groups is 4. The summed E-state index contributed by atoms with van der Waals surface area (Å²) in [7, 11) is 1.84. The molecule has 1 saturated heterocycles. The van der Waals surface area contributed by atoms with Crippen molar-refractivity contribution in [2.24, 2.45) is 0 Å². The molecule has 1 unspecified atom stereocenters. The number of anilines is 1. The zero-order chi connectivity index (χ0) is 16.6. The van der Waals surface area contributed by atoms with E-state index in [9.17, 15) is 15.3 Å². The summed E-state index contributed by atoms with van der Waals surface area (Å²) in [4.78, 5) is 1.87. The first-order chi connectivity index (χ1) is 10.9. The number of ether oxygens (including phenoxy) is 1. The highest BCUT2D eigenvalue weighted by Crippen LogP contribution is 2.30. The van der Waals surface area contributed by atoms with Gasteiger partial charge in [0.2, 0.25) is 5.79 Å². The quantitative estimate of drug-likeness (QED) is 0.638. The van der Waals surface area contributed by atoms with Crippen LogP contribution in [-0.4, -0.2) is 64.7 Å². The maximum atomic E-state index is 10.0. The number of rotatable bonds is 4. The molecule has 0 spiro atoms. The minimum Gasteiger partial charge on any atom is -0.391 e. The van der Waals surface area contributed by atoms with E-state index in [1.165, 1.54) is 0 Å². The number of aliphatic hydroxyl groups excluding tert-OH is 3. The molecule has 1 aliphatic rings.